The number of carboxylic acid groups (broad SMARTS) is 1. The van der Waals surface area contributed by atoms with Crippen molar-refractivity contribution in [2.45, 2.75) is 38.7 Å². The average molecular weight is 376 g/mol. The van der Waals surface area contributed by atoms with Crippen molar-refractivity contribution in [1.29, 1.82) is 0 Å². The minimum atomic E-state index is -1.04. The Morgan fingerprint density at radius 2 is 2.04 bits per heavy atom. The summed E-state index contributed by atoms with van der Waals surface area (Å²) in [6.07, 6.45) is 1.04. The summed E-state index contributed by atoms with van der Waals surface area (Å²) in [7, 11) is 0. The van der Waals surface area contributed by atoms with Crippen LogP contribution in [0.5, 0.6) is 0 Å². The predicted molar refractivity (Wildman–Crippen MR) is 100 cm³/mol. The molecule has 1 aliphatic heterocycles. The SMILES string of the molecule is CCCN(CC1CCN(CC(=O)O)C(=O)CO1)C(=O)C(C)c1ccccc1. The van der Waals surface area contributed by atoms with Crippen LogP contribution in [0.3, 0.4) is 0 Å². The van der Waals surface area contributed by atoms with Crippen LogP contribution in [0.25, 0.3) is 0 Å². The smallest absolute Gasteiger partial charge is 0.323 e. The van der Waals surface area contributed by atoms with Crippen molar-refractivity contribution in [3.63, 3.8) is 0 Å². The molecule has 2 rings (SSSR count). The second-order valence-electron chi connectivity index (χ2n) is 6.85. The van der Waals surface area contributed by atoms with Crippen LogP contribution in [-0.2, 0) is 19.1 Å². The van der Waals surface area contributed by atoms with Gasteiger partial charge in [-0.15, -0.1) is 0 Å². The Morgan fingerprint density at radius 1 is 1.33 bits per heavy atom. The molecule has 0 aliphatic carbocycles. The molecule has 2 atom stereocenters. The van der Waals surface area contributed by atoms with Gasteiger partial charge in [0, 0.05) is 19.6 Å². The summed E-state index contributed by atoms with van der Waals surface area (Å²) in [6.45, 7) is 4.77. The number of carboxylic acids is 1. The third kappa shape index (κ3) is 6.06. The first-order valence-corrected chi connectivity index (χ1v) is 9.37. The van der Waals surface area contributed by atoms with Gasteiger partial charge in [-0.1, -0.05) is 37.3 Å². The third-order valence-corrected chi connectivity index (χ3v) is 4.74. The topological polar surface area (TPSA) is 87.2 Å². The molecule has 2 unspecified atom stereocenters. The molecule has 1 fully saturated rings. The summed E-state index contributed by atoms with van der Waals surface area (Å²) in [5.41, 5.74) is 0.966. The zero-order chi connectivity index (χ0) is 19.8. The van der Waals surface area contributed by atoms with E-state index in [1.807, 2.05) is 44.2 Å². The Hall–Kier alpha value is -2.41. The molecule has 1 saturated heterocycles. The van der Waals surface area contributed by atoms with Gasteiger partial charge in [0.2, 0.25) is 11.8 Å². The zero-order valence-corrected chi connectivity index (χ0v) is 16.0. The molecule has 1 aliphatic rings. The number of carbonyl (C=O) groups excluding carboxylic acids is 2. The number of nitrogens with zero attached hydrogens (tertiary/aromatic N) is 2. The number of hydrogen-bond donors (Lipinski definition) is 1. The molecule has 2 amide bonds. The quantitative estimate of drug-likeness (QED) is 0.747. The summed E-state index contributed by atoms with van der Waals surface area (Å²) < 4.78 is 5.66. The van der Waals surface area contributed by atoms with Crippen LogP contribution in [-0.4, -0.2) is 71.6 Å². The second-order valence-corrected chi connectivity index (χ2v) is 6.85. The van der Waals surface area contributed by atoms with E-state index in [0.717, 1.165) is 12.0 Å². The number of aliphatic carboxylic acids is 1. The number of ether oxygens (including phenoxy) is 1. The highest BCUT2D eigenvalue weighted by molar-refractivity contribution is 5.83. The highest BCUT2D eigenvalue weighted by Gasteiger charge is 2.28. The van der Waals surface area contributed by atoms with Crippen molar-refractivity contribution in [2.24, 2.45) is 0 Å². The fourth-order valence-electron chi connectivity index (χ4n) is 3.23. The Kier molecular flexibility index (Phi) is 7.79. The van der Waals surface area contributed by atoms with Gasteiger partial charge in [0.15, 0.2) is 0 Å². The van der Waals surface area contributed by atoms with E-state index in [4.69, 9.17) is 9.84 Å². The molecule has 0 bridgehead atoms. The molecule has 0 radical (unpaired) electrons. The standard InChI is InChI=1S/C20H28N2O5/c1-3-10-22(20(26)15(2)16-7-5-4-6-8-16)12-17-9-11-21(13-19(24)25)18(23)14-27-17/h4-8,15,17H,3,9-14H2,1-2H3,(H,24,25). The molecule has 0 aromatic heterocycles. The number of benzene rings is 1. The predicted octanol–water partition coefficient (Wildman–Crippen LogP) is 1.73. The van der Waals surface area contributed by atoms with E-state index in [2.05, 4.69) is 0 Å². The van der Waals surface area contributed by atoms with Gasteiger partial charge in [0.1, 0.15) is 13.2 Å². The monoisotopic (exact) mass is 376 g/mol. The van der Waals surface area contributed by atoms with Crippen molar-refractivity contribution in [2.75, 3.05) is 32.8 Å². The summed E-state index contributed by atoms with van der Waals surface area (Å²) in [4.78, 5) is 38.9. The highest BCUT2D eigenvalue weighted by Crippen LogP contribution is 2.19. The molecule has 0 saturated carbocycles. The Bertz CT molecular complexity index is 649. The van der Waals surface area contributed by atoms with Gasteiger partial charge in [-0.3, -0.25) is 14.4 Å². The van der Waals surface area contributed by atoms with Gasteiger partial charge in [0.25, 0.3) is 0 Å². The van der Waals surface area contributed by atoms with Crippen molar-refractivity contribution in [1.82, 2.24) is 9.80 Å². The van der Waals surface area contributed by atoms with E-state index < -0.39 is 5.97 Å². The normalized spacial score (nSPS) is 18.7. The van der Waals surface area contributed by atoms with E-state index in [1.54, 1.807) is 4.90 Å². The molecular formula is C20H28N2O5. The minimum absolute atomic E-state index is 0.0321. The fraction of sp³-hybridized carbons (Fsp3) is 0.550. The molecule has 1 aromatic rings. The number of amides is 2. The summed E-state index contributed by atoms with van der Waals surface area (Å²) in [5, 5.41) is 8.91. The van der Waals surface area contributed by atoms with Crippen molar-refractivity contribution >= 4 is 17.8 Å². The van der Waals surface area contributed by atoms with Crippen molar-refractivity contribution < 1.29 is 24.2 Å². The highest BCUT2D eigenvalue weighted by atomic mass is 16.5. The minimum Gasteiger partial charge on any atom is -0.480 e. The largest absolute Gasteiger partial charge is 0.480 e. The zero-order valence-electron chi connectivity index (χ0n) is 16.0. The molecule has 0 spiro atoms. The third-order valence-electron chi connectivity index (χ3n) is 4.74. The summed E-state index contributed by atoms with van der Waals surface area (Å²) in [6, 6.07) is 9.64. The Balaban J connectivity index is 2.01. The van der Waals surface area contributed by atoms with E-state index in [9.17, 15) is 14.4 Å². The number of hydrogen-bond acceptors (Lipinski definition) is 4. The number of carbonyl (C=O) groups is 3. The van der Waals surface area contributed by atoms with Gasteiger partial charge in [-0.2, -0.15) is 0 Å². The van der Waals surface area contributed by atoms with Crippen LogP contribution >= 0.6 is 0 Å². The van der Waals surface area contributed by atoms with Gasteiger partial charge in [0.05, 0.1) is 12.0 Å². The van der Waals surface area contributed by atoms with Gasteiger partial charge in [-0.05, 0) is 25.3 Å². The van der Waals surface area contributed by atoms with E-state index in [0.29, 0.717) is 26.1 Å². The maximum atomic E-state index is 13.0. The molecular weight excluding hydrogens is 348 g/mol. The Labute approximate surface area is 159 Å². The van der Waals surface area contributed by atoms with E-state index >= 15 is 0 Å². The molecule has 7 heteroatoms. The molecule has 148 valence electrons. The lowest BCUT2D eigenvalue weighted by atomic mass is 9.99. The maximum Gasteiger partial charge on any atom is 0.323 e. The van der Waals surface area contributed by atoms with Crippen LogP contribution in [0.2, 0.25) is 0 Å². The molecule has 1 N–H and O–H groups in total. The Morgan fingerprint density at radius 3 is 2.67 bits per heavy atom. The van der Waals surface area contributed by atoms with Crippen LogP contribution < -0.4 is 0 Å². The van der Waals surface area contributed by atoms with E-state index in [-0.39, 0.29) is 37.0 Å². The average Bonchev–Trinajstić information content (AvgIpc) is 2.83. The van der Waals surface area contributed by atoms with Crippen LogP contribution in [0.15, 0.2) is 30.3 Å². The molecule has 1 heterocycles. The summed E-state index contributed by atoms with van der Waals surface area (Å²) >= 11 is 0. The fourth-order valence-corrected chi connectivity index (χ4v) is 3.23. The first-order chi connectivity index (χ1) is 12.9. The lowest BCUT2D eigenvalue weighted by molar-refractivity contribution is -0.145. The van der Waals surface area contributed by atoms with E-state index in [1.165, 1.54) is 4.90 Å². The molecule has 27 heavy (non-hydrogen) atoms. The number of rotatable bonds is 8. The molecule has 1 aromatic carbocycles. The lowest BCUT2D eigenvalue weighted by Crippen LogP contribution is -2.41. The molecule has 7 nitrogen and oxygen atoms in total. The van der Waals surface area contributed by atoms with Gasteiger partial charge < -0.3 is 19.6 Å². The van der Waals surface area contributed by atoms with Gasteiger partial charge >= 0.3 is 5.97 Å². The first kappa shape index (κ1) is 20.9. The van der Waals surface area contributed by atoms with Crippen molar-refractivity contribution in [3.8, 4) is 0 Å². The second kappa shape index (κ2) is 10.1. The lowest BCUT2D eigenvalue weighted by Gasteiger charge is -2.29. The summed E-state index contributed by atoms with van der Waals surface area (Å²) in [5.74, 6) is -1.59. The van der Waals surface area contributed by atoms with Crippen molar-refractivity contribution in [3.05, 3.63) is 35.9 Å². The van der Waals surface area contributed by atoms with Crippen LogP contribution in [0, 0.1) is 0 Å². The van der Waals surface area contributed by atoms with Gasteiger partial charge in [-0.25, -0.2) is 0 Å². The van der Waals surface area contributed by atoms with Crippen LogP contribution in [0.1, 0.15) is 38.2 Å². The van der Waals surface area contributed by atoms with Crippen LogP contribution in [0.4, 0.5) is 0 Å². The first-order valence-electron chi connectivity index (χ1n) is 9.37. The maximum absolute atomic E-state index is 13.0.